The van der Waals surface area contributed by atoms with Gasteiger partial charge in [-0.2, -0.15) is 0 Å². The Kier molecular flexibility index (Phi) is 6.80. The van der Waals surface area contributed by atoms with Crippen molar-refractivity contribution < 1.29 is 23.5 Å². The average molecular weight is 332 g/mol. The smallest absolute Gasteiger partial charge is 0.411 e. The molecule has 1 fully saturated rings. The first-order chi connectivity index (χ1) is 10.5. The lowest BCUT2D eigenvalue weighted by Gasteiger charge is -2.42. The molecule has 0 bridgehead atoms. The van der Waals surface area contributed by atoms with Gasteiger partial charge < -0.3 is 9.47 Å². The Bertz CT molecular complexity index is 423. The summed E-state index contributed by atoms with van der Waals surface area (Å²) in [7, 11) is 1.27. The van der Waals surface area contributed by atoms with Gasteiger partial charge in [0, 0.05) is 19.1 Å². The fourth-order valence-electron chi connectivity index (χ4n) is 2.74. The van der Waals surface area contributed by atoms with Gasteiger partial charge in [-0.1, -0.05) is 6.92 Å². The zero-order valence-electron chi connectivity index (χ0n) is 15.0. The minimum atomic E-state index is -1.10. The van der Waals surface area contributed by atoms with Crippen LogP contribution in [0.1, 0.15) is 41.0 Å². The lowest BCUT2D eigenvalue weighted by molar-refractivity contribution is -0.143. The number of esters is 1. The fourth-order valence-corrected chi connectivity index (χ4v) is 2.74. The molecule has 0 spiro atoms. The second kappa shape index (κ2) is 7.95. The van der Waals surface area contributed by atoms with Crippen LogP contribution < -0.4 is 0 Å². The monoisotopic (exact) mass is 332 g/mol. The van der Waals surface area contributed by atoms with Gasteiger partial charge in [-0.25, -0.2) is 9.18 Å². The van der Waals surface area contributed by atoms with Gasteiger partial charge in [-0.3, -0.25) is 14.6 Å². The molecule has 1 unspecified atom stereocenters. The number of carbonyl (C=O) groups excluding carboxylic acids is 2. The first-order valence-corrected chi connectivity index (χ1v) is 7.98. The van der Waals surface area contributed by atoms with Crippen molar-refractivity contribution in [2.24, 2.45) is 5.92 Å². The number of carbonyl (C=O) groups is 2. The van der Waals surface area contributed by atoms with Gasteiger partial charge in [0.05, 0.1) is 7.11 Å². The third kappa shape index (κ3) is 6.33. The number of ether oxygens (including phenoxy) is 2. The van der Waals surface area contributed by atoms with Gasteiger partial charge in [-0.05, 0) is 40.0 Å². The molecule has 0 aromatic carbocycles. The number of hydrogen-bond acceptors (Lipinski definition) is 5. The van der Waals surface area contributed by atoms with E-state index in [0.717, 1.165) is 0 Å². The van der Waals surface area contributed by atoms with Gasteiger partial charge in [0.1, 0.15) is 12.1 Å². The molecule has 1 aliphatic rings. The van der Waals surface area contributed by atoms with E-state index in [0.29, 0.717) is 19.5 Å². The molecule has 6 nitrogen and oxygen atoms in total. The Morgan fingerprint density at radius 3 is 2.43 bits per heavy atom. The number of piperidine rings is 1. The molecule has 23 heavy (non-hydrogen) atoms. The number of amides is 1. The highest BCUT2D eigenvalue weighted by atomic mass is 19.1. The molecule has 134 valence electrons. The summed E-state index contributed by atoms with van der Waals surface area (Å²) in [6.07, 6.45) is -0.980. The van der Waals surface area contributed by atoms with E-state index in [4.69, 9.17) is 4.74 Å². The second-order valence-electron chi connectivity index (χ2n) is 7.21. The number of methoxy groups -OCH3 is 1. The molecule has 3 atom stereocenters. The van der Waals surface area contributed by atoms with Crippen molar-refractivity contribution in [2.75, 3.05) is 26.7 Å². The van der Waals surface area contributed by atoms with E-state index in [9.17, 15) is 14.0 Å². The Labute approximate surface area is 137 Å². The SMILES string of the molecule is COC(=O)CN(C(=O)OC(C)(C)C)[C@@H]1C[C@H](C)CN(C(C)F)C1. The highest BCUT2D eigenvalue weighted by Crippen LogP contribution is 2.24. The number of hydrogen-bond donors (Lipinski definition) is 0. The van der Waals surface area contributed by atoms with E-state index in [-0.39, 0.29) is 18.5 Å². The maximum atomic E-state index is 13.7. The molecule has 0 N–H and O–H groups in total. The second-order valence-corrected chi connectivity index (χ2v) is 7.21. The number of likely N-dealkylation sites (tertiary alicyclic amines) is 1. The predicted octanol–water partition coefficient (Wildman–Crippen LogP) is 2.42. The van der Waals surface area contributed by atoms with Crippen molar-refractivity contribution in [1.29, 1.82) is 0 Å². The van der Waals surface area contributed by atoms with Crippen LogP contribution >= 0.6 is 0 Å². The summed E-state index contributed by atoms with van der Waals surface area (Å²) in [6, 6.07) is -0.286. The zero-order chi connectivity index (χ0) is 17.8. The van der Waals surface area contributed by atoms with Crippen molar-refractivity contribution >= 4 is 12.1 Å². The maximum absolute atomic E-state index is 13.7. The number of halogens is 1. The summed E-state index contributed by atoms with van der Waals surface area (Å²) in [4.78, 5) is 27.2. The molecule has 0 radical (unpaired) electrons. The van der Waals surface area contributed by atoms with E-state index in [2.05, 4.69) is 4.74 Å². The maximum Gasteiger partial charge on any atom is 0.411 e. The predicted molar refractivity (Wildman–Crippen MR) is 84.7 cm³/mol. The van der Waals surface area contributed by atoms with Crippen LogP contribution in [-0.2, 0) is 14.3 Å². The van der Waals surface area contributed by atoms with E-state index in [1.807, 2.05) is 6.92 Å². The van der Waals surface area contributed by atoms with E-state index < -0.39 is 24.0 Å². The minimum absolute atomic E-state index is 0.197. The van der Waals surface area contributed by atoms with Gasteiger partial charge in [0.25, 0.3) is 0 Å². The van der Waals surface area contributed by atoms with Crippen LogP contribution in [0.4, 0.5) is 9.18 Å². The van der Waals surface area contributed by atoms with Crippen LogP contribution in [0.3, 0.4) is 0 Å². The van der Waals surface area contributed by atoms with E-state index >= 15 is 0 Å². The standard InChI is InChI=1S/C16H29FN2O4/c1-11-7-13(9-18(8-11)12(2)17)19(10-14(20)22-6)15(21)23-16(3,4)5/h11-13H,7-10H2,1-6H3/t11-,12?,13+/m0/s1. The van der Waals surface area contributed by atoms with Crippen LogP contribution in [-0.4, -0.2) is 66.5 Å². The van der Waals surface area contributed by atoms with Crippen molar-refractivity contribution in [3.63, 3.8) is 0 Å². The molecule has 0 aromatic rings. The Hall–Kier alpha value is -1.37. The lowest BCUT2D eigenvalue weighted by Crippen LogP contribution is -2.55. The first-order valence-electron chi connectivity index (χ1n) is 7.98. The van der Waals surface area contributed by atoms with Gasteiger partial charge in [0.15, 0.2) is 6.30 Å². The van der Waals surface area contributed by atoms with Crippen LogP contribution in [0.25, 0.3) is 0 Å². The lowest BCUT2D eigenvalue weighted by atomic mass is 9.95. The highest BCUT2D eigenvalue weighted by molar-refractivity contribution is 5.78. The molecule has 1 amide bonds. The van der Waals surface area contributed by atoms with Crippen LogP contribution in [0.5, 0.6) is 0 Å². The van der Waals surface area contributed by atoms with Gasteiger partial charge in [0.2, 0.25) is 0 Å². The molecule has 0 aliphatic carbocycles. The normalized spacial score (nSPS) is 24.0. The van der Waals surface area contributed by atoms with Crippen molar-refractivity contribution in [3.8, 4) is 0 Å². The summed E-state index contributed by atoms with van der Waals surface area (Å²) in [5.74, 6) is -0.302. The Morgan fingerprint density at radius 2 is 1.96 bits per heavy atom. The number of alkyl halides is 1. The largest absolute Gasteiger partial charge is 0.468 e. The molecule has 0 saturated carbocycles. The summed E-state index contributed by atoms with van der Waals surface area (Å²) in [6.45, 7) is 9.59. The van der Waals surface area contributed by atoms with Crippen LogP contribution in [0.2, 0.25) is 0 Å². The summed E-state index contributed by atoms with van der Waals surface area (Å²) in [5, 5.41) is 0. The molecule has 1 aliphatic heterocycles. The molecule has 1 rings (SSSR count). The first kappa shape index (κ1) is 19.7. The Morgan fingerprint density at radius 1 is 1.35 bits per heavy atom. The number of nitrogens with zero attached hydrogens (tertiary/aromatic N) is 2. The molecule has 0 aromatic heterocycles. The third-order valence-electron chi connectivity index (χ3n) is 3.76. The van der Waals surface area contributed by atoms with Crippen LogP contribution in [0, 0.1) is 5.92 Å². The van der Waals surface area contributed by atoms with E-state index in [1.54, 1.807) is 25.7 Å². The minimum Gasteiger partial charge on any atom is -0.468 e. The average Bonchev–Trinajstić information content (AvgIpc) is 2.41. The third-order valence-corrected chi connectivity index (χ3v) is 3.76. The molecule has 1 heterocycles. The zero-order valence-corrected chi connectivity index (χ0v) is 15.0. The van der Waals surface area contributed by atoms with E-state index in [1.165, 1.54) is 18.9 Å². The van der Waals surface area contributed by atoms with Crippen molar-refractivity contribution in [2.45, 2.75) is 59.0 Å². The molecule has 7 heteroatoms. The molecular formula is C16H29FN2O4. The molecular weight excluding hydrogens is 303 g/mol. The summed E-state index contributed by atoms with van der Waals surface area (Å²) < 4.78 is 23.8. The van der Waals surface area contributed by atoms with Crippen LogP contribution in [0.15, 0.2) is 0 Å². The van der Waals surface area contributed by atoms with Crippen molar-refractivity contribution in [1.82, 2.24) is 9.80 Å². The van der Waals surface area contributed by atoms with Crippen molar-refractivity contribution in [3.05, 3.63) is 0 Å². The molecule has 1 saturated heterocycles. The number of rotatable bonds is 4. The quantitative estimate of drug-likeness (QED) is 0.584. The highest BCUT2D eigenvalue weighted by Gasteiger charge is 2.36. The topological polar surface area (TPSA) is 59.1 Å². The van der Waals surface area contributed by atoms with Gasteiger partial charge in [-0.15, -0.1) is 0 Å². The van der Waals surface area contributed by atoms with Gasteiger partial charge >= 0.3 is 12.1 Å². The fraction of sp³-hybridized carbons (Fsp3) is 0.875. The Balaban J connectivity index is 2.93. The summed E-state index contributed by atoms with van der Waals surface area (Å²) >= 11 is 0. The summed E-state index contributed by atoms with van der Waals surface area (Å²) in [5.41, 5.74) is -0.668.